The molecule has 0 aliphatic carbocycles. The van der Waals surface area contributed by atoms with Crippen molar-refractivity contribution < 1.29 is 19.4 Å². The van der Waals surface area contributed by atoms with Gasteiger partial charge in [0, 0.05) is 11.6 Å². The van der Waals surface area contributed by atoms with Crippen molar-refractivity contribution in [1.29, 1.82) is 0 Å². The zero-order valence-electron chi connectivity index (χ0n) is 11.0. The van der Waals surface area contributed by atoms with Crippen molar-refractivity contribution in [3.8, 4) is 0 Å². The largest absolute Gasteiger partial charge is 0.480 e. The summed E-state index contributed by atoms with van der Waals surface area (Å²) in [5.41, 5.74) is 2.61. The van der Waals surface area contributed by atoms with Crippen LogP contribution in [0, 0.1) is 0 Å². The molecule has 0 aromatic heterocycles. The molecule has 1 N–H and O–H groups in total. The fraction of sp³-hybridized carbons (Fsp3) is 0.429. The Kier molecular flexibility index (Phi) is 3.85. The highest BCUT2D eigenvalue weighted by molar-refractivity contribution is 5.96. The molecule has 1 amide bonds. The number of ether oxygens (including phenoxy) is 1. The lowest BCUT2D eigenvalue weighted by molar-refractivity contribution is -0.138. The summed E-state index contributed by atoms with van der Waals surface area (Å²) in [5.74, 6) is -1.27. The van der Waals surface area contributed by atoms with Gasteiger partial charge in [0.15, 0.2) is 0 Å². The molecular weight excluding hydrogens is 246 g/mol. The number of hydrogen-bond donors (Lipinski definition) is 1. The van der Waals surface area contributed by atoms with E-state index in [0.717, 1.165) is 11.1 Å². The third-order valence-corrected chi connectivity index (χ3v) is 3.16. The molecule has 1 heterocycles. The van der Waals surface area contributed by atoms with Crippen LogP contribution in [0.5, 0.6) is 0 Å². The van der Waals surface area contributed by atoms with Gasteiger partial charge >= 0.3 is 5.97 Å². The lowest BCUT2D eigenvalue weighted by Gasteiger charge is -2.25. The number of carbonyl (C=O) groups is 2. The van der Waals surface area contributed by atoms with Crippen LogP contribution in [0.1, 0.15) is 35.3 Å². The second-order valence-corrected chi connectivity index (χ2v) is 4.90. The number of benzene rings is 1. The molecular formula is C14H17NO4. The van der Waals surface area contributed by atoms with Crippen LogP contribution in [0.4, 0.5) is 0 Å². The highest BCUT2D eigenvalue weighted by Crippen LogP contribution is 2.22. The Balaban J connectivity index is 2.24. The maximum atomic E-state index is 12.3. The summed E-state index contributed by atoms with van der Waals surface area (Å²) >= 11 is 0. The minimum atomic E-state index is -1.01. The number of carboxylic acid groups (broad SMARTS) is 1. The highest BCUT2D eigenvalue weighted by atomic mass is 16.5. The predicted molar refractivity (Wildman–Crippen MR) is 68.7 cm³/mol. The van der Waals surface area contributed by atoms with Gasteiger partial charge < -0.3 is 14.7 Å². The standard InChI is InChI=1S/C14H17NO4/c1-9(2)15(6-13(16)17)14(18)10-3-4-11-7-19-8-12(11)5-10/h3-5,9H,6-8H2,1-2H3,(H,16,17). The summed E-state index contributed by atoms with van der Waals surface area (Å²) in [4.78, 5) is 24.5. The molecule has 0 saturated heterocycles. The summed E-state index contributed by atoms with van der Waals surface area (Å²) in [7, 11) is 0. The smallest absolute Gasteiger partial charge is 0.323 e. The third-order valence-electron chi connectivity index (χ3n) is 3.16. The SMILES string of the molecule is CC(C)N(CC(=O)O)C(=O)c1ccc2c(c1)COC2. The monoisotopic (exact) mass is 263 g/mol. The molecule has 1 aromatic rings. The topological polar surface area (TPSA) is 66.8 Å². The maximum Gasteiger partial charge on any atom is 0.323 e. The average molecular weight is 263 g/mol. The van der Waals surface area contributed by atoms with Crippen molar-refractivity contribution in [2.75, 3.05) is 6.54 Å². The molecule has 2 rings (SSSR count). The van der Waals surface area contributed by atoms with Gasteiger partial charge in [-0.05, 0) is 37.1 Å². The number of hydrogen-bond acceptors (Lipinski definition) is 3. The van der Waals surface area contributed by atoms with E-state index in [4.69, 9.17) is 9.84 Å². The molecule has 0 bridgehead atoms. The van der Waals surface area contributed by atoms with Crippen LogP contribution in [0.2, 0.25) is 0 Å². The number of aliphatic carboxylic acids is 1. The van der Waals surface area contributed by atoms with Gasteiger partial charge in [0.05, 0.1) is 13.2 Å². The van der Waals surface area contributed by atoms with E-state index in [-0.39, 0.29) is 18.5 Å². The van der Waals surface area contributed by atoms with Gasteiger partial charge in [0.25, 0.3) is 5.91 Å². The normalized spacial score (nSPS) is 13.4. The zero-order chi connectivity index (χ0) is 14.0. The molecule has 5 heteroatoms. The van der Waals surface area contributed by atoms with Gasteiger partial charge in [0.2, 0.25) is 0 Å². The van der Waals surface area contributed by atoms with E-state index in [1.807, 2.05) is 6.07 Å². The van der Waals surface area contributed by atoms with Crippen LogP contribution in [0.3, 0.4) is 0 Å². The van der Waals surface area contributed by atoms with E-state index in [1.165, 1.54) is 4.90 Å². The molecule has 1 aliphatic rings. The Morgan fingerprint density at radius 2 is 2.00 bits per heavy atom. The number of carboxylic acids is 1. The third kappa shape index (κ3) is 2.93. The Labute approximate surface area is 111 Å². The molecule has 19 heavy (non-hydrogen) atoms. The predicted octanol–water partition coefficient (Wildman–Crippen LogP) is 1.65. The Morgan fingerprint density at radius 1 is 1.32 bits per heavy atom. The van der Waals surface area contributed by atoms with Crippen molar-refractivity contribution in [2.45, 2.75) is 33.1 Å². The fourth-order valence-electron chi connectivity index (χ4n) is 2.11. The minimum Gasteiger partial charge on any atom is -0.480 e. The number of nitrogens with zero attached hydrogens (tertiary/aromatic N) is 1. The summed E-state index contributed by atoms with van der Waals surface area (Å²) in [5, 5.41) is 8.87. The lowest BCUT2D eigenvalue weighted by atomic mass is 10.1. The van der Waals surface area contributed by atoms with Crippen molar-refractivity contribution in [3.63, 3.8) is 0 Å². The molecule has 0 atom stereocenters. The van der Waals surface area contributed by atoms with Gasteiger partial charge in [0.1, 0.15) is 6.54 Å². The summed E-state index contributed by atoms with van der Waals surface area (Å²) < 4.78 is 5.30. The number of carbonyl (C=O) groups excluding carboxylic acids is 1. The minimum absolute atomic E-state index is 0.159. The maximum absolute atomic E-state index is 12.3. The summed E-state index contributed by atoms with van der Waals surface area (Å²) in [6.07, 6.45) is 0. The first-order chi connectivity index (χ1) is 8.99. The van der Waals surface area contributed by atoms with Gasteiger partial charge in [-0.1, -0.05) is 6.07 Å². The lowest BCUT2D eigenvalue weighted by Crippen LogP contribution is -2.40. The van der Waals surface area contributed by atoms with E-state index in [1.54, 1.807) is 26.0 Å². The van der Waals surface area contributed by atoms with Crippen molar-refractivity contribution in [3.05, 3.63) is 34.9 Å². The zero-order valence-corrected chi connectivity index (χ0v) is 11.0. The van der Waals surface area contributed by atoms with E-state index in [0.29, 0.717) is 18.8 Å². The second kappa shape index (κ2) is 5.40. The molecule has 0 fully saturated rings. The van der Waals surface area contributed by atoms with E-state index in [2.05, 4.69) is 0 Å². The summed E-state index contributed by atoms with van der Waals surface area (Å²) in [6, 6.07) is 5.23. The Bertz CT molecular complexity index is 510. The van der Waals surface area contributed by atoms with Crippen LogP contribution < -0.4 is 0 Å². The van der Waals surface area contributed by atoms with Gasteiger partial charge in [-0.3, -0.25) is 9.59 Å². The highest BCUT2D eigenvalue weighted by Gasteiger charge is 2.22. The number of fused-ring (bicyclic) bond motifs is 1. The van der Waals surface area contributed by atoms with Gasteiger partial charge in [-0.25, -0.2) is 0 Å². The molecule has 0 saturated carbocycles. The molecule has 5 nitrogen and oxygen atoms in total. The molecule has 102 valence electrons. The Morgan fingerprint density at radius 3 is 2.63 bits per heavy atom. The van der Waals surface area contributed by atoms with Crippen LogP contribution in [0.25, 0.3) is 0 Å². The molecule has 1 aliphatic heterocycles. The number of amides is 1. The fourth-order valence-corrected chi connectivity index (χ4v) is 2.11. The Hall–Kier alpha value is -1.88. The molecule has 1 aromatic carbocycles. The van der Waals surface area contributed by atoms with E-state index >= 15 is 0 Å². The summed E-state index contributed by atoms with van der Waals surface area (Å²) in [6.45, 7) is 4.41. The molecule has 0 unspecified atom stereocenters. The van der Waals surface area contributed by atoms with Crippen molar-refractivity contribution in [2.24, 2.45) is 0 Å². The quantitative estimate of drug-likeness (QED) is 0.897. The van der Waals surface area contributed by atoms with Crippen LogP contribution in [-0.2, 0) is 22.7 Å². The van der Waals surface area contributed by atoms with Gasteiger partial charge in [-0.15, -0.1) is 0 Å². The van der Waals surface area contributed by atoms with Crippen molar-refractivity contribution in [1.82, 2.24) is 4.90 Å². The number of rotatable bonds is 4. The van der Waals surface area contributed by atoms with Gasteiger partial charge in [-0.2, -0.15) is 0 Å². The second-order valence-electron chi connectivity index (χ2n) is 4.90. The first-order valence-electron chi connectivity index (χ1n) is 6.21. The van der Waals surface area contributed by atoms with Crippen LogP contribution >= 0.6 is 0 Å². The van der Waals surface area contributed by atoms with Crippen molar-refractivity contribution >= 4 is 11.9 Å². The van der Waals surface area contributed by atoms with Crippen LogP contribution in [-0.4, -0.2) is 34.5 Å². The van der Waals surface area contributed by atoms with Crippen LogP contribution in [0.15, 0.2) is 18.2 Å². The molecule has 0 spiro atoms. The first kappa shape index (κ1) is 13.5. The first-order valence-corrected chi connectivity index (χ1v) is 6.21. The van der Waals surface area contributed by atoms with E-state index < -0.39 is 5.97 Å². The molecule has 0 radical (unpaired) electrons. The van der Waals surface area contributed by atoms with E-state index in [9.17, 15) is 9.59 Å². The average Bonchev–Trinajstić information content (AvgIpc) is 2.81.